The number of urea groups is 1. The molecule has 0 radical (unpaired) electrons. The van der Waals surface area contributed by atoms with Gasteiger partial charge in [-0.2, -0.15) is 0 Å². The molecule has 1 atom stereocenters. The van der Waals surface area contributed by atoms with E-state index in [1.807, 2.05) is 58.9 Å². The Morgan fingerprint density at radius 3 is 2.38 bits per heavy atom. The van der Waals surface area contributed by atoms with E-state index in [2.05, 4.69) is 17.2 Å². The van der Waals surface area contributed by atoms with Crippen LogP contribution in [0.1, 0.15) is 45.7 Å². The highest BCUT2D eigenvalue weighted by Gasteiger charge is 2.28. The van der Waals surface area contributed by atoms with Crippen molar-refractivity contribution in [3.05, 3.63) is 42.0 Å². The number of carbonyl (C=O) groups is 2. The molecule has 1 unspecified atom stereocenters. The van der Waals surface area contributed by atoms with E-state index >= 15 is 0 Å². The van der Waals surface area contributed by atoms with Gasteiger partial charge in [0.2, 0.25) is 0 Å². The second-order valence-electron chi connectivity index (χ2n) is 6.83. The van der Waals surface area contributed by atoms with Gasteiger partial charge in [0.05, 0.1) is 12.6 Å². The number of esters is 1. The Labute approximate surface area is 144 Å². The number of amides is 2. The van der Waals surface area contributed by atoms with Crippen LogP contribution in [0, 0.1) is 5.92 Å². The van der Waals surface area contributed by atoms with E-state index < -0.39 is 23.6 Å². The normalized spacial score (nSPS) is 12.5. The molecule has 1 aromatic rings. The van der Waals surface area contributed by atoms with Gasteiger partial charge < -0.3 is 15.4 Å². The fourth-order valence-corrected chi connectivity index (χ4v) is 2.33. The van der Waals surface area contributed by atoms with Gasteiger partial charge in [0.1, 0.15) is 6.04 Å². The number of hydrogen-bond donors (Lipinski definition) is 2. The van der Waals surface area contributed by atoms with E-state index in [0.29, 0.717) is 0 Å². The van der Waals surface area contributed by atoms with Crippen LogP contribution in [0.3, 0.4) is 0 Å². The topological polar surface area (TPSA) is 67.4 Å². The van der Waals surface area contributed by atoms with Gasteiger partial charge in [-0.1, -0.05) is 44.2 Å². The van der Waals surface area contributed by atoms with E-state index in [1.54, 1.807) is 0 Å². The van der Waals surface area contributed by atoms with E-state index in [-0.39, 0.29) is 5.92 Å². The molecule has 2 amide bonds. The SMILES string of the molecule is C=C(C)c1cccc(C(C)(C)NC(=O)NC(C(=O)OC)C(C)C)c1. The Bertz CT molecular complexity index is 621. The summed E-state index contributed by atoms with van der Waals surface area (Å²) in [6.07, 6.45) is 0. The minimum absolute atomic E-state index is 0.0712. The van der Waals surface area contributed by atoms with Crippen molar-refractivity contribution in [1.29, 1.82) is 0 Å². The number of ether oxygens (including phenoxy) is 1. The Balaban J connectivity index is 2.89. The summed E-state index contributed by atoms with van der Waals surface area (Å²) in [6, 6.07) is 6.77. The van der Waals surface area contributed by atoms with Gasteiger partial charge in [-0.05, 0) is 43.9 Å². The maximum atomic E-state index is 12.3. The molecule has 0 fully saturated rings. The molecule has 0 bridgehead atoms. The van der Waals surface area contributed by atoms with Gasteiger partial charge in [0.25, 0.3) is 0 Å². The predicted octanol–water partition coefficient (Wildman–Crippen LogP) is 3.45. The minimum Gasteiger partial charge on any atom is -0.467 e. The summed E-state index contributed by atoms with van der Waals surface area (Å²) >= 11 is 0. The van der Waals surface area contributed by atoms with Crippen molar-refractivity contribution in [3.63, 3.8) is 0 Å². The predicted molar refractivity (Wildman–Crippen MR) is 96.5 cm³/mol. The van der Waals surface area contributed by atoms with Gasteiger partial charge >= 0.3 is 12.0 Å². The Morgan fingerprint density at radius 2 is 1.88 bits per heavy atom. The van der Waals surface area contributed by atoms with E-state index in [0.717, 1.165) is 16.7 Å². The summed E-state index contributed by atoms with van der Waals surface area (Å²) < 4.78 is 4.74. The van der Waals surface area contributed by atoms with Gasteiger partial charge in [-0.3, -0.25) is 0 Å². The molecule has 0 saturated carbocycles. The summed E-state index contributed by atoms with van der Waals surface area (Å²) in [5.41, 5.74) is 2.34. The maximum absolute atomic E-state index is 12.3. The van der Waals surface area contributed by atoms with Crippen LogP contribution in [0.2, 0.25) is 0 Å². The molecule has 0 saturated heterocycles. The fraction of sp³-hybridized carbons (Fsp3) is 0.474. The molecule has 0 heterocycles. The van der Waals surface area contributed by atoms with E-state index in [4.69, 9.17) is 4.74 Å². The first-order chi connectivity index (χ1) is 11.1. The summed E-state index contributed by atoms with van der Waals surface area (Å²) in [5.74, 6) is -0.528. The van der Waals surface area contributed by atoms with Crippen molar-refractivity contribution in [1.82, 2.24) is 10.6 Å². The highest BCUT2D eigenvalue weighted by Crippen LogP contribution is 2.23. The molecule has 2 N–H and O–H groups in total. The van der Waals surface area contributed by atoms with Crippen LogP contribution in [0.5, 0.6) is 0 Å². The second kappa shape index (κ2) is 7.99. The maximum Gasteiger partial charge on any atom is 0.328 e. The number of hydrogen-bond acceptors (Lipinski definition) is 3. The molecule has 0 aliphatic rings. The van der Waals surface area contributed by atoms with Crippen LogP contribution in [-0.2, 0) is 15.1 Å². The Morgan fingerprint density at radius 1 is 1.25 bits per heavy atom. The third-order valence-electron chi connectivity index (χ3n) is 3.91. The first-order valence-electron chi connectivity index (χ1n) is 8.01. The molecular weight excluding hydrogens is 304 g/mol. The molecule has 24 heavy (non-hydrogen) atoms. The van der Waals surface area contributed by atoms with Gasteiger partial charge in [0, 0.05) is 0 Å². The lowest BCUT2D eigenvalue weighted by molar-refractivity contribution is -0.144. The lowest BCUT2D eigenvalue weighted by Crippen LogP contribution is -2.53. The minimum atomic E-state index is -0.687. The van der Waals surface area contributed by atoms with Gasteiger partial charge in [-0.25, -0.2) is 9.59 Å². The lowest BCUT2D eigenvalue weighted by atomic mass is 9.92. The third-order valence-corrected chi connectivity index (χ3v) is 3.91. The van der Waals surface area contributed by atoms with Crippen molar-refractivity contribution in [2.75, 3.05) is 7.11 Å². The molecule has 1 rings (SSSR count). The number of benzene rings is 1. The van der Waals surface area contributed by atoms with Crippen LogP contribution in [0.15, 0.2) is 30.8 Å². The molecule has 0 aromatic heterocycles. The average molecular weight is 332 g/mol. The van der Waals surface area contributed by atoms with Crippen molar-refractivity contribution in [2.24, 2.45) is 5.92 Å². The Kier molecular flexibility index (Phi) is 6.58. The molecule has 0 spiro atoms. The summed E-state index contributed by atoms with van der Waals surface area (Å²) in [6.45, 7) is 13.4. The van der Waals surface area contributed by atoms with Crippen LogP contribution >= 0.6 is 0 Å². The number of allylic oxidation sites excluding steroid dienone is 1. The van der Waals surface area contributed by atoms with Crippen LogP contribution in [0.25, 0.3) is 5.57 Å². The molecule has 132 valence electrons. The standard InChI is InChI=1S/C19H28N2O3/c1-12(2)14-9-8-10-15(11-14)19(5,6)21-18(23)20-16(13(3)4)17(22)24-7/h8-11,13,16H,1H2,2-7H3,(H2,20,21,23). The zero-order chi connectivity index (χ0) is 18.5. The van der Waals surface area contributed by atoms with Crippen molar-refractivity contribution < 1.29 is 14.3 Å². The van der Waals surface area contributed by atoms with E-state index in [9.17, 15) is 9.59 Å². The number of nitrogens with one attached hydrogen (secondary N) is 2. The van der Waals surface area contributed by atoms with Gasteiger partial charge in [-0.15, -0.1) is 0 Å². The van der Waals surface area contributed by atoms with Crippen molar-refractivity contribution in [3.8, 4) is 0 Å². The quantitative estimate of drug-likeness (QED) is 0.784. The Hall–Kier alpha value is -2.30. The number of carbonyl (C=O) groups excluding carboxylic acids is 2. The summed E-state index contributed by atoms with van der Waals surface area (Å²) in [5, 5.41) is 5.60. The molecule has 5 nitrogen and oxygen atoms in total. The molecule has 0 aliphatic carbocycles. The third kappa shape index (κ3) is 5.11. The van der Waals surface area contributed by atoms with Gasteiger partial charge in [0.15, 0.2) is 0 Å². The first kappa shape index (κ1) is 19.7. The molecule has 5 heteroatoms. The summed E-state index contributed by atoms with van der Waals surface area (Å²) in [4.78, 5) is 24.1. The lowest BCUT2D eigenvalue weighted by Gasteiger charge is -2.29. The smallest absolute Gasteiger partial charge is 0.328 e. The number of rotatable bonds is 6. The largest absolute Gasteiger partial charge is 0.467 e. The first-order valence-corrected chi connectivity index (χ1v) is 8.01. The molecule has 0 aliphatic heterocycles. The number of methoxy groups -OCH3 is 1. The highest BCUT2D eigenvalue weighted by molar-refractivity contribution is 5.84. The monoisotopic (exact) mass is 332 g/mol. The second-order valence-corrected chi connectivity index (χ2v) is 6.83. The van der Waals surface area contributed by atoms with Crippen LogP contribution < -0.4 is 10.6 Å². The van der Waals surface area contributed by atoms with Crippen molar-refractivity contribution >= 4 is 17.6 Å². The average Bonchev–Trinajstić information content (AvgIpc) is 2.51. The van der Waals surface area contributed by atoms with E-state index in [1.165, 1.54) is 7.11 Å². The zero-order valence-electron chi connectivity index (χ0n) is 15.4. The van der Waals surface area contributed by atoms with Crippen molar-refractivity contribution in [2.45, 2.75) is 46.2 Å². The summed E-state index contributed by atoms with van der Waals surface area (Å²) in [7, 11) is 1.31. The zero-order valence-corrected chi connectivity index (χ0v) is 15.4. The fourth-order valence-electron chi connectivity index (χ4n) is 2.33. The highest BCUT2D eigenvalue weighted by atomic mass is 16.5. The van der Waals surface area contributed by atoms with Crippen LogP contribution in [-0.4, -0.2) is 25.2 Å². The molecular formula is C19H28N2O3. The van der Waals surface area contributed by atoms with Crippen LogP contribution in [0.4, 0.5) is 4.79 Å². The molecule has 1 aromatic carbocycles.